The largest absolute Gasteiger partial charge is 0.383 e. The molecule has 8 heteroatoms. The highest BCUT2D eigenvalue weighted by Crippen LogP contribution is 2.35. The third kappa shape index (κ3) is 3.99. The van der Waals surface area contributed by atoms with Crippen LogP contribution in [0.4, 0.5) is 27.1 Å². The Labute approximate surface area is 156 Å². The quantitative estimate of drug-likeness (QED) is 0.617. The first-order valence-corrected chi connectivity index (χ1v) is 8.66. The molecule has 0 aromatic heterocycles. The van der Waals surface area contributed by atoms with Gasteiger partial charge in [-0.25, -0.2) is 4.39 Å². The van der Waals surface area contributed by atoms with Crippen molar-refractivity contribution in [3.8, 4) is 0 Å². The Morgan fingerprint density at radius 2 is 2.00 bits per heavy atom. The van der Waals surface area contributed by atoms with Gasteiger partial charge in [-0.3, -0.25) is 14.9 Å². The molecule has 1 amide bonds. The standard InChI is InChI=1S/C19H21FN4O3/c1-12-3-5-14(6-4-12)22-19(25)15-9-18(24(26)27)16(21-2)10-17(15)23-8-7-13(20)11-23/h3-6,9-10,13,21H,7-8,11H2,1-2H3,(H,22,25)/t13-/m1/s1. The summed E-state index contributed by atoms with van der Waals surface area (Å²) in [5.74, 6) is -0.470. The minimum absolute atomic E-state index is 0.148. The Morgan fingerprint density at radius 1 is 1.30 bits per heavy atom. The van der Waals surface area contributed by atoms with E-state index in [1.54, 1.807) is 30.1 Å². The zero-order chi connectivity index (χ0) is 19.6. The number of nitro groups is 1. The van der Waals surface area contributed by atoms with Crippen LogP contribution in [0.2, 0.25) is 0 Å². The second-order valence-corrected chi connectivity index (χ2v) is 6.55. The number of benzene rings is 2. The van der Waals surface area contributed by atoms with Gasteiger partial charge in [0.05, 0.1) is 16.2 Å². The van der Waals surface area contributed by atoms with E-state index in [1.165, 1.54) is 6.07 Å². The highest BCUT2D eigenvalue weighted by atomic mass is 19.1. The Kier molecular flexibility index (Phi) is 5.25. The van der Waals surface area contributed by atoms with Crippen LogP contribution < -0.4 is 15.5 Å². The third-order valence-corrected chi connectivity index (χ3v) is 4.61. The van der Waals surface area contributed by atoms with Gasteiger partial charge >= 0.3 is 0 Å². The van der Waals surface area contributed by atoms with E-state index in [1.807, 2.05) is 19.1 Å². The maximum atomic E-state index is 13.7. The second kappa shape index (κ2) is 7.61. The van der Waals surface area contributed by atoms with Crippen LogP contribution in [0, 0.1) is 17.0 Å². The van der Waals surface area contributed by atoms with E-state index in [2.05, 4.69) is 10.6 Å². The molecule has 0 saturated carbocycles. The molecule has 0 aliphatic carbocycles. The van der Waals surface area contributed by atoms with Gasteiger partial charge in [0.15, 0.2) is 0 Å². The van der Waals surface area contributed by atoms with Crippen LogP contribution >= 0.6 is 0 Å². The Balaban J connectivity index is 2.02. The molecule has 27 heavy (non-hydrogen) atoms. The molecule has 1 aliphatic rings. The Morgan fingerprint density at radius 3 is 2.56 bits per heavy atom. The van der Waals surface area contributed by atoms with Crippen molar-refractivity contribution in [2.24, 2.45) is 0 Å². The van der Waals surface area contributed by atoms with Crippen LogP contribution in [0.25, 0.3) is 0 Å². The highest BCUT2D eigenvalue weighted by Gasteiger charge is 2.29. The summed E-state index contributed by atoms with van der Waals surface area (Å²) in [6, 6.07) is 10.0. The van der Waals surface area contributed by atoms with Gasteiger partial charge in [-0.05, 0) is 31.5 Å². The number of hydrogen-bond donors (Lipinski definition) is 2. The van der Waals surface area contributed by atoms with Gasteiger partial charge in [0.1, 0.15) is 11.9 Å². The van der Waals surface area contributed by atoms with Crippen LogP contribution in [-0.2, 0) is 0 Å². The molecule has 0 bridgehead atoms. The van der Waals surface area contributed by atoms with Gasteiger partial charge in [-0.2, -0.15) is 0 Å². The third-order valence-electron chi connectivity index (χ3n) is 4.61. The molecule has 2 aromatic carbocycles. The Bertz CT molecular complexity index is 870. The predicted octanol–water partition coefficient (Wildman–Crippen LogP) is 3.75. The average molecular weight is 372 g/mol. The number of hydrogen-bond acceptors (Lipinski definition) is 5. The van der Waals surface area contributed by atoms with Gasteiger partial charge in [0.25, 0.3) is 11.6 Å². The number of amides is 1. The Hall–Kier alpha value is -3.16. The van der Waals surface area contributed by atoms with Crippen molar-refractivity contribution in [1.29, 1.82) is 0 Å². The van der Waals surface area contributed by atoms with Crippen molar-refractivity contribution in [2.45, 2.75) is 19.5 Å². The fourth-order valence-corrected chi connectivity index (χ4v) is 3.14. The van der Waals surface area contributed by atoms with E-state index in [-0.39, 0.29) is 23.5 Å². The van der Waals surface area contributed by atoms with Crippen molar-refractivity contribution in [3.63, 3.8) is 0 Å². The monoisotopic (exact) mass is 372 g/mol. The molecule has 1 aliphatic heterocycles. The number of anilines is 3. The predicted molar refractivity (Wildman–Crippen MR) is 104 cm³/mol. The number of alkyl halides is 1. The number of carbonyl (C=O) groups excluding carboxylic acids is 1. The molecule has 0 spiro atoms. The summed E-state index contributed by atoms with van der Waals surface area (Å²) in [7, 11) is 1.57. The van der Waals surface area contributed by atoms with E-state index in [0.717, 1.165) is 5.56 Å². The summed E-state index contributed by atoms with van der Waals surface area (Å²) in [4.78, 5) is 25.5. The summed E-state index contributed by atoms with van der Waals surface area (Å²) in [6.07, 6.45) is -0.614. The summed E-state index contributed by atoms with van der Waals surface area (Å²) in [6.45, 7) is 2.54. The highest BCUT2D eigenvalue weighted by molar-refractivity contribution is 6.09. The van der Waals surface area contributed by atoms with Crippen LogP contribution in [0.15, 0.2) is 36.4 Å². The van der Waals surface area contributed by atoms with Gasteiger partial charge < -0.3 is 15.5 Å². The van der Waals surface area contributed by atoms with E-state index >= 15 is 0 Å². The van der Waals surface area contributed by atoms with Gasteiger partial charge in [-0.1, -0.05) is 17.7 Å². The lowest BCUT2D eigenvalue weighted by atomic mass is 10.1. The smallest absolute Gasteiger partial charge is 0.293 e. The van der Waals surface area contributed by atoms with Crippen molar-refractivity contribution in [2.75, 3.05) is 35.7 Å². The van der Waals surface area contributed by atoms with Crippen molar-refractivity contribution in [1.82, 2.24) is 0 Å². The lowest BCUT2D eigenvalue weighted by molar-refractivity contribution is -0.383. The first-order valence-electron chi connectivity index (χ1n) is 8.66. The van der Waals surface area contributed by atoms with Crippen molar-refractivity contribution >= 4 is 28.7 Å². The summed E-state index contributed by atoms with van der Waals surface area (Å²) in [5.41, 5.74) is 2.34. The van der Waals surface area contributed by atoms with E-state index in [4.69, 9.17) is 0 Å². The average Bonchev–Trinajstić information content (AvgIpc) is 3.08. The molecular formula is C19H21FN4O3. The number of aryl methyl sites for hydroxylation is 1. The molecule has 0 radical (unpaired) electrons. The molecule has 2 N–H and O–H groups in total. The number of carbonyl (C=O) groups is 1. The maximum Gasteiger partial charge on any atom is 0.293 e. The molecule has 1 saturated heterocycles. The van der Waals surface area contributed by atoms with Crippen LogP contribution in [-0.4, -0.2) is 37.1 Å². The molecule has 142 valence electrons. The first kappa shape index (κ1) is 18.6. The topological polar surface area (TPSA) is 87.5 Å². The molecule has 7 nitrogen and oxygen atoms in total. The molecular weight excluding hydrogens is 351 g/mol. The van der Waals surface area contributed by atoms with Gasteiger partial charge in [-0.15, -0.1) is 0 Å². The van der Waals surface area contributed by atoms with Crippen LogP contribution in [0.5, 0.6) is 0 Å². The number of nitrogens with zero attached hydrogens (tertiary/aromatic N) is 2. The van der Waals surface area contributed by atoms with E-state index < -0.39 is 17.0 Å². The molecule has 0 unspecified atom stereocenters. The fraction of sp³-hybridized carbons (Fsp3) is 0.316. The number of halogens is 1. The molecule has 1 atom stereocenters. The molecule has 1 fully saturated rings. The summed E-state index contributed by atoms with van der Waals surface area (Å²) < 4.78 is 13.7. The number of nitrogens with one attached hydrogen (secondary N) is 2. The van der Waals surface area contributed by atoms with Crippen LogP contribution in [0.1, 0.15) is 22.3 Å². The van der Waals surface area contributed by atoms with E-state index in [9.17, 15) is 19.3 Å². The minimum atomic E-state index is -0.980. The molecule has 3 rings (SSSR count). The van der Waals surface area contributed by atoms with Crippen LogP contribution in [0.3, 0.4) is 0 Å². The number of rotatable bonds is 5. The number of nitro benzene ring substituents is 1. The normalized spacial score (nSPS) is 16.3. The minimum Gasteiger partial charge on any atom is -0.383 e. The zero-order valence-electron chi connectivity index (χ0n) is 15.2. The van der Waals surface area contributed by atoms with E-state index in [0.29, 0.717) is 24.3 Å². The first-order chi connectivity index (χ1) is 12.9. The fourth-order valence-electron chi connectivity index (χ4n) is 3.14. The molecule has 2 aromatic rings. The van der Waals surface area contributed by atoms with Gasteiger partial charge in [0, 0.05) is 31.9 Å². The summed E-state index contributed by atoms with van der Waals surface area (Å²) in [5, 5.41) is 16.9. The second-order valence-electron chi connectivity index (χ2n) is 6.55. The van der Waals surface area contributed by atoms with Crippen molar-refractivity contribution < 1.29 is 14.1 Å². The maximum absolute atomic E-state index is 13.7. The molecule has 1 heterocycles. The summed E-state index contributed by atoms with van der Waals surface area (Å²) >= 11 is 0. The van der Waals surface area contributed by atoms with Gasteiger partial charge in [0.2, 0.25) is 0 Å². The van der Waals surface area contributed by atoms with Crippen molar-refractivity contribution in [3.05, 3.63) is 57.6 Å². The SMILES string of the molecule is CNc1cc(N2CC[C@@H](F)C2)c(C(=O)Nc2ccc(C)cc2)cc1[N+](=O)[O-]. The lowest BCUT2D eigenvalue weighted by Crippen LogP contribution is -2.24. The zero-order valence-corrected chi connectivity index (χ0v) is 15.2. The lowest BCUT2D eigenvalue weighted by Gasteiger charge is -2.22.